The summed E-state index contributed by atoms with van der Waals surface area (Å²) in [5.41, 5.74) is 1.97. The van der Waals surface area contributed by atoms with Crippen LogP contribution in [0.15, 0.2) is 16.9 Å². The largest absolute Gasteiger partial charge is 0.266 e. The van der Waals surface area contributed by atoms with Gasteiger partial charge in [-0.15, -0.1) is 0 Å². The van der Waals surface area contributed by atoms with E-state index in [-0.39, 0.29) is 0 Å². The van der Waals surface area contributed by atoms with Crippen molar-refractivity contribution < 1.29 is 0 Å². The molecule has 2 aromatic heterocycles. The minimum atomic E-state index is 0.644. The molecule has 0 aliphatic rings. The Hall–Kier alpha value is -0.810. The number of nitrogens with zero attached hydrogens (tertiary/aromatic N) is 4. The molecule has 0 radical (unpaired) electrons. The van der Waals surface area contributed by atoms with E-state index in [1.165, 1.54) is 0 Å². The Bertz CT molecular complexity index is 518. The molecule has 2 heterocycles. The maximum Gasteiger partial charge on any atom is 0.0869 e. The second-order valence-electron chi connectivity index (χ2n) is 3.73. The van der Waals surface area contributed by atoms with Gasteiger partial charge in [-0.2, -0.15) is 10.2 Å². The van der Waals surface area contributed by atoms with Gasteiger partial charge in [0.15, 0.2) is 0 Å². The van der Waals surface area contributed by atoms with Crippen LogP contribution in [-0.4, -0.2) is 19.6 Å². The van der Waals surface area contributed by atoms with Gasteiger partial charge in [-0.05, 0) is 29.3 Å². The van der Waals surface area contributed by atoms with Gasteiger partial charge in [0.25, 0.3) is 0 Å². The third kappa shape index (κ3) is 2.55. The number of halogens is 2. The van der Waals surface area contributed by atoms with Gasteiger partial charge in [-0.25, -0.2) is 0 Å². The first kappa shape index (κ1) is 12.6. The van der Waals surface area contributed by atoms with E-state index in [0.29, 0.717) is 6.54 Å². The first-order valence-corrected chi connectivity index (χ1v) is 6.74. The number of rotatable bonds is 4. The molecule has 0 N–H and O–H groups in total. The first-order valence-electron chi connectivity index (χ1n) is 5.57. The fraction of sp³-hybridized carbons (Fsp3) is 0.455. The summed E-state index contributed by atoms with van der Waals surface area (Å²) in [6.45, 7) is 5.58. The topological polar surface area (TPSA) is 35.6 Å². The Labute approximate surface area is 114 Å². The van der Waals surface area contributed by atoms with E-state index < -0.39 is 0 Å². The van der Waals surface area contributed by atoms with E-state index in [1.54, 1.807) is 6.20 Å². The van der Waals surface area contributed by atoms with E-state index >= 15 is 0 Å². The molecule has 6 heteroatoms. The summed E-state index contributed by atoms with van der Waals surface area (Å²) in [7, 11) is 0. The van der Waals surface area contributed by atoms with Gasteiger partial charge in [-0.3, -0.25) is 9.36 Å². The standard InChI is InChI=1S/C11H14BrClN4/c1-3-9-11(13)10(17(4-2)15-9)7-16-6-8(12)5-14-16/h5-6H,3-4,7H2,1-2H3. The lowest BCUT2D eigenvalue weighted by molar-refractivity contribution is 0.573. The molecule has 0 atom stereocenters. The minimum Gasteiger partial charge on any atom is -0.266 e. The van der Waals surface area contributed by atoms with Gasteiger partial charge in [0.2, 0.25) is 0 Å². The van der Waals surface area contributed by atoms with Gasteiger partial charge < -0.3 is 0 Å². The van der Waals surface area contributed by atoms with Gasteiger partial charge >= 0.3 is 0 Å². The minimum absolute atomic E-state index is 0.644. The van der Waals surface area contributed by atoms with Gasteiger partial charge in [0, 0.05) is 12.7 Å². The van der Waals surface area contributed by atoms with Gasteiger partial charge in [-0.1, -0.05) is 18.5 Å². The highest BCUT2D eigenvalue weighted by atomic mass is 79.9. The molecule has 0 aromatic carbocycles. The zero-order valence-electron chi connectivity index (χ0n) is 9.82. The Morgan fingerprint density at radius 2 is 2.18 bits per heavy atom. The molecule has 2 aromatic rings. The third-order valence-corrected chi connectivity index (χ3v) is 3.45. The molecule has 0 bridgehead atoms. The Kier molecular flexibility index (Phi) is 3.89. The summed E-state index contributed by atoms with van der Waals surface area (Å²) in [6.07, 6.45) is 4.54. The molecule has 0 unspecified atom stereocenters. The van der Waals surface area contributed by atoms with Crippen LogP contribution >= 0.6 is 27.5 Å². The van der Waals surface area contributed by atoms with Crippen molar-refractivity contribution in [3.05, 3.63) is 33.3 Å². The predicted octanol–water partition coefficient (Wildman–Crippen LogP) is 3.13. The van der Waals surface area contributed by atoms with E-state index in [1.807, 2.05) is 15.6 Å². The van der Waals surface area contributed by atoms with Crippen LogP contribution in [0.3, 0.4) is 0 Å². The summed E-state index contributed by atoms with van der Waals surface area (Å²) in [5.74, 6) is 0. The summed E-state index contributed by atoms with van der Waals surface area (Å²) >= 11 is 9.71. The van der Waals surface area contributed by atoms with Crippen LogP contribution in [0.4, 0.5) is 0 Å². The molecule has 17 heavy (non-hydrogen) atoms. The summed E-state index contributed by atoms with van der Waals surface area (Å²) in [4.78, 5) is 0. The van der Waals surface area contributed by atoms with Crippen molar-refractivity contribution in [1.82, 2.24) is 19.6 Å². The van der Waals surface area contributed by atoms with Crippen molar-refractivity contribution in [2.75, 3.05) is 0 Å². The quantitative estimate of drug-likeness (QED) is 0.868. The van der Waals surface area contributed by atoms with Crippen LogP contribution in [-0.2, 0) is 19.5 Å². The highest BCUT2D eigenvalue weighted by Crippen LogP contribution is 2.22. The number of aromatic nitrogens is 4. The van der Waals surface area contributed by atoms with Gasteiger partial charge in [0.05, 0.1) is 33.6 Å². The number of hydrogen-bond acceptors (Lipinski definition) is 2. The summed E-state index contributed by atoms with van der Waals surface area (Å²) in [6, 6.07) is 0. The molecule has 2 rings (SSSR count). The molecule has 0 amide bonds. The molecule has 0 spiro atoms. The van der Waals surface area contributed by atoms with E-state index in [9.17, 15) is 0 Å². The molecule has 0 saturated heterocycles. The van der Waals surface area contributed by atoms with Crippen molar-refractivity contribution in [1.29, 1.82) is 0 Å². The molecule has 0 aliphatic heterocycles. The SMILES string of the molecule is CCc1nn(CC)c(Cn2cc(Br)cn2)c1Cl. The fourth-order valence-electron chi connectivity index (χ4n) is 1.75. The lowest BCUT2D eigenvalue weighted by Crippen LogP contribution is -2.08. The predicted molar refractivity (Wildman–Crippen MR) is 71.3 cm³/mol. The lowest BCUT2D eigenvalue weighted by atomic mass is 10.3. The maximum absolute atomic E-state index is 6.33. The average Bonchev–Trinajstić information content (AvgIpc) is 2.85. The summed E-state index contributed by atoms with van der Waals surface area (Å²) in [5, 5.41) is 9.48. The second kappa shape index (κ2) is 5.23. The van der Waals surface area contributed by atoms with Crippen LogP contribution in [0.5, 0.6) is 0 Å². The van der Waals surface area contributed by atoms with Crippen LogP contribution < -0.4 is 0 Å². The van der Waals surface area contributed by atoms with Crippen molar-refractivity contribution >= 4 is 27.5 Å². The van der Waals surface area contributed by atoms with Crippen LogP contribution in [0.25, 0.3) is 0 Å². The Balaban J connectivity index is 2.34. The van der Waals surface area contributed by atoms with Crippen molar-refractivity contribution in [2.45, 2.75) is 33.4 Å². The fourth-order valence-corrected chi connectivity index (χ4v) is 2.40. The molecule has 0 aliphatic carbocycles. The van der Waals surface area contributed by atoms with Crippen LogP contribution in [0, 0.1) is 0 Å². The monoisotopic (exact) mass is 316 g/mol. The Morgan fingerprint density at radius 1 is 1.41 bits per heavy atom. The zero-order valence-corrected chi connectivity index (χ0v) is 12.2. The average molecular weight is 318 g/mol. The normalized spacial score (nSPS) is 11.1. The highest BCUT2D eigenvalue weighted by Gasteiger charge is 2.14. The van der Waals surface area contributed by atoms with E-state index in [0.717, 1.165) is 33.8 Å². The number of aryl methyl sites for hydroxylation is 2. The highest BCUT2D eigenvalue weighted by molar-refractivity contribution is 9.10. The maximum atomic E-state index is 6.33. The van der Waals surface area contributed by atoms with Crippen molar-refractivity contribution in [2.24, 2.45) is 0 Å². The van der Waals surface area contributed by atoms with Crippen LogP contribution in [0.1, 0.15) is 25.2 Å². The second-order valence-corrected chi connectivity index (χ2v) is 5.03. The van der Waals surface area contributed by atoms with Crippen molar-refractivity contribution in [3.8, 4) is 0 Å². The molecule has 4 nitrogen and oxygen atoms in total. The third-order valence-electron chi connectivity index (χ3n) is 2.61. The smallest absolute Gasteiger partial charge is 0.0869 e. The molecule has 0 saturated carbocycles. The molecular weight excluding hydrogens is 304 g/mol. The first-order chi connectivity index (χ1) is 8.15. The van der Waals surface area contributed by atoms with E-state index in [2.05, 4.69) is 40.0 Å². The van der Waals surface area contributed by atoms with E-state index in [4.69, 9.17) is 11.6 Å². The van der Waals surface area contributed by atoms with Crippen LogP contribution in [0.2, 0.25) is 5.02 Å². The number of hydrogen-bond donors (Lipinski definition) is 0. The summed E-state index contributed by atoms with van der Waals surface area (Å²) < 4.78 is 4.75. The van der Waals surface area contributed by atoms with Gasteiger partial charge in [0.1, 0.15) is 0 Å². The lowest BCUT2D eigenvalue weighted by Gasteiger charge is -2.05. The zero-order chi connectivity index (χ0) is 12.4. The Morgan fingerprint density at radius 3 is 2.71 bits per heavy atom. The van der Waals surface area contributed by atoms with Crippen molar-refractivity contribution in [3.63, 3.8) is 0 Å². The molecule has 0 fully saturated rings. The molecular formula is C11H14BrClN4. The molecule has 92 valence electrons.